The number of aliphatic carboxylic acids is 2. The third-order valence-corrected chi connectivity index (χ3v) is 15.1. The number of halogens is 2. The lowest BCUT2D eigenvalue weighted by Crippen LogP contribution is -2.66. The zero-order valence-corrected chi connectivity index (χ0v) is 48.6. The van der Waals surface area contributed by atoms with E-state index in [-0.39, 0.29) is 106 Å². The Balaban J connectivity index is 0.000000311. The first-order chi connectivity index (χ1) is 37.4. The maximum Gasteiger partial charge on any atom is 0.340 e. The van der Waals surface area contributed by atoms with Gasteiger partial charge in [-0.15, -0.1) is 24.8 Å². The molecule has 1 spiro atoms. The van der Waals surface area contributed by atoms with Crippen LogP contribution in [0.3, 0.4) is 0 Å². The van der Waals surface area contributed by atoms with Gasteiger partial charge in [-0.25, -0.2) is 9.59 Å². The van der Waals surface area contributed by atoms with Gasteiger partial charge in [0, 0.05) is 79.7 Å². The molecule has 21 heteroatoms. The van der Waals surface area contributed by atoms with Crippen molar-refractivity contribution in [3.8, 4) is 28.7 Å². The molecule has 1 fully saturated rings. The Kier molecular flexibility index (Phi) is 21.3. The molecule has 11 N–H and O–H groups in total. The number of benzene rings is 3. The van der Waals surface area contributed by atoms with E-state index >= 15 is 0 Å². The topological polar surface area (TPSA) is 303 Å². The number of carboxylic acids is 2. The summed E-state index contributed by atoms with van der Waals surface area (Å²) in [6.07, 6.45) is 13.1. The molecule has 4 atom stereocenters. The second-order valence-electron chi connectivity index (χ2n) is 21.7. The van der Waals surface area contributed by atoms with Crippen molar-refractivity contribution in [1.82, 2.24) is 10.6 Å². The second-order valence-corrected chi connectivity index (χ2v) is 21.7. The summed E-state index contributed by atoms with van der Waals surface area (Å²) in [6, 6.07) is 5.74. The number of carbonyl (C=O) groups excluding carboxylic acids is 3. The molecule has 2 aliphatic carbocycles. The van der Waals surface area contributed by atoms with Crippen molar-refractivity contribution < 1.29 is 73.9 Å². The number of phenols is 3. The van der Waals surface area contributed by atoms with E-state index < -0.39 is 57.6 Å². The molecule has 8 rings (SSSR count). The van der Waals surface area contributed by atoms with Crippen LogP contribution in [0.1, 0.15) is 141 Å². The number of fused-ring (bicyclic) bond motifs is 4. The molecule has 1 saturated heterocycles. The summed E-state index contributed by atoms with van der Waals surface area (Å²) < 4.78 is 20.2. The van der Waals surface area contributed by atoms with Crippen LogP contribution >= 0.6 is 24.8 Å². The number of Topliss-reactive ketones (excluding diaryl/α,β-unsaturated/α-hetero) is 1. The molecule has 3 aromatic carbocycles. The number of aromatic hydroxyl groups is 3. The summed E-state index contributed by atoms with van der Waals surface area (Å²) in [4.78, 5) is 66.8. The number of hydrogen-bond acceptors (Lipinski definition) is 17. The molecule has 3 aliphatic heterocycles. The molecule has 440 valence electrons. The zero-order chi connectivity index (χ0) is 57.8. The van der Waals surface area contributed by atoms with Gasteiger partial charge in [-0.1, -0.05) is 35.5 Å². The normalized spacial score (nSPS) is 21.4. The third kappa shape index (κ3) is 12.5. The Morgan fingerprint density at radius 2 is 1.25 bits per heavy atom. The summed E-state index contributed by atoms with van der Waals surface area (Å²) in [5, 5.41) is 83.0. The van der Waals surface area contributed by atoms with Gasteiger partial charge in [0.15, 0.2) is 11.4 Å². The van der Waals surface area contributed by atoms with Crippen molar-refractivity contribution in [3.05, 3.63) is 116 Å². The van der Waals surface area contributed by atoms with Crippen LogP contribution in [0.5, 0.6) is 28.7 Å². The van der Waals surface area contributed by atoms with Gasteiger partial charge in [-0.05, 0) is 124 Å². The summed E-state index contributed by atoms with van der Waals surface area (Å²) in [5.41, 5.74) is -1.99. The number of hydrogen-bond donors (Lipinski definition) is 11. The van der Waals surface area contributed by atoms with Crippen molar-refractivity contribution in [3.63, 3.8) is 0 Å². The molecule has 0 bridgehead atoms. The van der Waals surface area contributed by atoms with E-state index in [0.717, 1.165) is 12.0 Å². The van der Waals surface area contributed by atoms with Gasteiger partial charge in [-0.3, -0.25) is 14.4 Å². The van der Waals surface area contributed by atoms with Gasteiger partial charge in [0.25, 0.3) is 0 Å². The molecule has 4 unspecified atom stereocenters. The molecule has 81 heavy (non-hydrogen) atoms. The fourth-order valence-electron chi connectivity index (χ4n) is 11.3. The van der Waals surface area contributed by atoms with Crippen LogP contribution in [0.25, 0.3) is 6.08 Å². The second kappa shape index (κ2) is 26.5. The number of carbonyl (C=O) groups is 5. The van der Waals surface area contributed by atoms with Gasteiger partial charge in [0.2, 0.25) is 17.2 Å². The standard InChI is InChI=1S/C38H46O9.C22H28N4O6.2ClH/c1-21(2)11-10-18-36(8)19-17-24-29(39)28-30(40)26-12-9-13-27-35(6,7)47-37(34(43)44,20-16-23(5)33(41)42)38(26,27)46-32(28)25(31(24)45-36)15-14-22(3)4;27-11-9-23-5-7-25-13-1-2-14(26-8-6-24-10-12-28)18-17(13)21(31)19-15(29)3-4-16(30)20(19)22(18)32;;/h11-12,14,16-17,19,27,39H,9-10,13,15,18,20H2,1-8H3,(H,41,42)(H,43,44);1-4,23-30H,5-12H2;2*1H. The average molecular weight is 1160 g/mol. The Morgan fingerprint density at radius 1 is 0.691 bits per heavy atom. The van der Waals surface area contributed by atoms with Gasteiger partial charge >= 0.3 is 11.9 Å². The van der Waals surface area contributed by atoms with Crippen LogP contribution in [0, 0.1) is 5.92 Å². The quantitative estimate of drug-likeness (QED) is 0.0162. The minimum absolute atomic E-state index is 0. The van der Waals surface area contributed by atoms with E-state index in [1.165, 1.54) is 30.7 Å². The van der Waals surface area contributed by atoms with E-state index in [1.54, 1.807) is 38.1 Å². The summed E-state index contributed by atoms with van der Waals surface area (Å²) >= 11 is 0. The number of phenolic OH excluding ortho intramolecular Hbond substituents is 3. The highest BCUT2D eigenvalue weighted by atomic mass is 35.5. The number of carboxylic acid groups (broad SMARTS) is 2. The van der Waals surface area contributed by atoms with Crippen LogP contribution in [0.4, 0.5) is 11.4 Å². The highest BCUT2D eigenvalue weighted by Gasteiger charge is 2.77. The number of aliphatic hydroxyl groups is 2. The minimum Gasteiger partial charge on any atom is -0.507 e. The molecule has 3 aromatic rings. The van der Waals surface area contributed by atoms with Gasteiger partial charge in [-0.2, -0.15) is 0 Å². The lowest BCUT2D eigenvalue weighted by molar-refractivity contribution is -0.184. The number of allylic oxidation sites excluding steroid dienone is 5. The predicted octanol–water partition coefficient (Wildman–Crippen LogP) is 8.22. The van der Waals surface area contributed by atoms with Crippen molar-refractivity contribution in [2.75, 3.05) is 63.1 Å². The third-order valence-electron chi connectivity index (χ3n) is 15.1. The highest BCUT2D eigenvalue weighted by Crippen LogP contribution is 2.64. The minimum atomic E-state index is -2.16. The van der Waals surface area contributed by atoms with E-state index in [9.17, 15) is 49.5 Å². The molecule has 0 radical (unpaired) electrons. The molecule has 0 saturated carbocycles. The Labute approximate surface area is 484 Å². The maximum absolute atomic E-state index is 14.7. The Morgan fingerprint density at radius 3 is 1.75 bits per heavy atom. The van der Waals surface area contributed by atoms with Gasteiger partial charge < -0.3 is 71.2 Å². The molecule has 5 aliphatic rings. The molecule has 3 heterocycles. The maximum atomic E-state index is 14.7. The van der Waals surface area contributed by atoms with E-state index in [4.69, 9.17) is 24.4 Å². The lowest BCUT2D eigenvalue weighted by Gasteiger charge is -2.50. The predicted molar refractivity (Wildman–Crippen MR) is 312 cm³/mol. The van der Waals surface area contributed by atoms with Crippen molar-refractivity contribution in [2.45, 2.75) is 116 Å². The molecule has 0 aromatic heterocycles. The van der Waals surface area contributed by atoms with E-state index in [0.29, 0.717) is 93.2 Å². The molecular formula is C60H76Cl2N4O15. The average Bonchev–Trinajstić information content (AvgIpc) is 2.26. The van der Waals surface area contributed by atoms with E-state index in [1.807, 2.05) is 46.8 Å². The molecule has 19 nitrogen and oxygen atoms in total. The number of nitrogens with one attached hydrogen (secondary N) is 4. The summed E-state index contributed by atoms with van der Waals surface area (Å²) in [6.45, 7) is 17.7. The number of ether oxygens (including phenoxy) is 3. The monoisotopic (exact) mass is 1160 g/mol. The first-order valence-corrected chi connectivity index (χ1v) is 26.7. The number of rotatable bonds is 21. The SMILES string of the molecule is CC(C)=CCCC1(C)C=Cc2c(O)c3c(c(CC=C(C)C)c2O1)OC12C(=CCCC1C(C)(C)OC2(CC=C(C)C(=O)O)C(=O)O)C3=O.Cl.Cl.O=C1c2c(O)ccc(O)c2C(=O)c2c(NCCNCCO)ccc(NCCNCCO)c21. The van der Waals surface area contributed by atoms with Crippen molar-refractivity contribution in [2.24, 2.45) is 5.92 Å². The van der Waals surface area contributed by atoms with Crippen LogP contribution in [0.15, 0.2) is 76.9 Å². The van der Waals surface area contributed by atoms with Gasteiger partial charge in [0.05, 0.1) is 46.6 Å². The first kappa shape index (κ1) is 65.1. The van der Waals surface area contributed by atoms with Crippen molar-refractivity contribution in [1.29, 1.82) is 0 Å². The number of anilines is 2. The molecular weight excluding hydrogens is 1090 g/mol. The van der Waals surface area contributed by atoms with E-state index in [2.05, 4.69) is 27.3 Å². The summed E-state index contributed by atoms with van der Waals surface area (Å²) in [7, 11) is 0. The smallest absolute Gasteiger partial charge is 0.340 e. The van der Waals surface area contributed by atoms with Crippen LogP contribution in [0.2, 0.25) is 0 Å². The fraction of sp³-hybridized carbons (Fsp3) is 0.450. The fourth-order valence-corrected chi connectivity index (χ4v) is 11.3. The van der Waals surface area contributed by atoms with Crippen molar-refractivity contribution >= 4 is 71.6 Å². The first-order valence-electron chi connectivity index (χ1n) is 26.7. The Hall–Kier alpha value is -6.71. The van der Waals surface area contributed by atoms with Gasteiger partial charge in [0.1, 0.15) is 39.9 Å². The summed E-state index contributed by atoms with van der Waals surface area (Å²) in [5.74, 6) is -5.39. The van der Waals surface area contributed by atoms with Crippen LogP contribution < -0.4 is 30.7 Å². The molecule has 0 amide bonds. The lowest BCUT2D eigenvalue weighted by atomic mass is 9.60. The Bertz CT molecular complexity index is 3030. The highest BCUT2D eigenvalue weighted by molar-refractivity contribution is 6.33. The largest absolute Gasteiger partial charge is 0.507 e. The number of aliphatic hydroxyl groups excluding tert-OH is 2. The van der Waals surface area contributed by atoms with Crippen LogP contribution in [-0.4, -0.2) is 140 Å². The van der Waals surface area contributed by atoms with Crippen LogP contribution in [-0.2, 0) is 20.7 Å². The number of ketones is 3. The zero-order valence-electron chi connectivity index (χ0n) is 47.0.